The van der Waals surface area contributed by atoms with E-state index in [0.29, 0.717) is 33.0 Å². The van der Waals surface area contributed by atoms with E-state index >= 15 is 0 Å². The Labute approximate surface area is 279 Å². The molecule has 5 rings (SSSR count). The summed E-state index contributed by atoms with van der Waals surface area (Å²) in [6, 6.07) is 20.8. The average Bonchev–Trinajstić information content (AvgIpc) is 3.30. The Morgan fingerprint density at radius 3 is 2.55 bits per heavy atom. The number of thiazole rings is 1. The van der Waals surface area contributed by atoms with E-state index in [1.54, 1.807) is 29.3 Å². The number of carbonyl (C=O) groups excluding carboxylic acids is 1. The van der Waals surface area contributed by atoms with Crippen molar-refractivity contribution in [3.8, 4) is 5.75 Å². The Morgan fingerprint density at radius 1 is 1.14 bits per heavy atom. The van der Waals surface area contributed by atoms with Crippen molar-refractivity contribution in [2.75, 3.05) is 19.5 Å². The van der Waals surface area contributed by atoms with Crippen molar-refractivity contribution in [3.05, 3.63) is 128 Å². The van der Waals surface area contributed by atoms with E-state index in [-0.39, 0.29) is 12.2 Å². The number of rotatable bonds is 9. The third kappa shape index (κ3) is 6.31. The molecule has 0 unspecified atom stereocenters. The molecule has 0 saturated carbocycles. The molecule has 42 heavy (non-hydrogen) atoms. The lowest BCUT2D eigenvalue weighted by atomic mass is 9.93. The number of fused-ring (bicyclic) bond motifs is 1. The quantitative estimate of drug-likeness (QED) is 0.0844. The lowest BCUT2D eigenvalue weighted by Crippen LogP contribution is -2.40. The molecule has 2 heterocycles. The second-order valence-electron chi connectivity index (χ2n) is 9.11. The van der Waals surface area contributed by atoms with E-state index in [1.807, 2.05) is 79.1 Å². The molecule has 0 saturated heterocycles. The Balaban J connectivity index is 1.82. The molecule has 3 aromatic carbocycles. The summed E-state index contributed by atoms with van der Waals surface area (Å²) in [5, 5.41) is 0. The molecule has 0 N–H and O–H groups in total. The average molecular weight is 821 g/mol. The van der Waals surface area contributed by atoms with Crippen LogP contribution in [0.2, 0.25) is 0 Å². The molecule has 0 spiro atoms. The minimum Gasteiger partial charge on any atom is -0.488 e. The van der Waals surface area contributed by atoms with Gasteiger partial charge in [-0.15, -0.1) is 11.8 Å². The summed E-state index contributed by atoms with van der Waals surface area (Å²) in [7, 11) is 0. The highest BCUT2D eigenvalue weighted by Gasteiger charge is 2.35. The van der Waals surface area contributed by atoms with Crippen LogP contribution < -0.4 is 19.6 Å². The van der Waals surface area contributed by atoms with E-state index in [1.165, 1.54) is 11.3 Å². The maximum Gasteiger partial charge on any atom is 0.338 e. The van der Waals surface area contributed by atoms with Gasteiger partial charge in [-0.1, -0.05) is 66.5 Å². The van der Waals surface area contributed by atoms with Gasteiger partial charge in [0.15, 0.2) is 4.80 Å². The highest BCUT2D eigenvalue weighted by molar-refractivity contribution is 14.1. The van der Waals surface area contributed by atoms with Gasteiger partial charge in [-0.2, -0.15) is 0 Å². The zero-order valence-electron chi connectivity index (χ0n) is 22.8. The van der Waals surface area contributed by atoms with Crippen molar-refractivity contribution >= 4 is 86.0 Å². The van der Waals surface area contributed by atoms with E-state index in [4.69, 9.17) is 14.5 Å². The largest absolute Gasteiger partial charge is 0.488 e. The summed E-state index contributed by atoms with van der Waals surface area (Å²) < 4.78 is 15.6. The normalized spacial score (nSPS) is 14.8. The van der Waals surface area contributed by atoms with Crippen LogP contribution in [0, 0.1) is 7.14 Å². The molecule has 1 aliphatic heterocycles. The van der Waals surface area contributed by atoms with Gasteiger partial charge in [0, 0.05) is 19.6 Å². The first-order valence-electron chi connectivity index (χ1n) is 13.0. The first-order valence-corrected chi connectivity index (χ1v) is 17.2. The lowest BCUT2D eigenvalue weighted by molar-refractivity contribution is -0.138. The van der Waals surface area contributed by atoms with Crippen molar-refractivity contribution in [1.82, 2.24) is 4.57 Å². The van der Waals surface area contributed by atoms with Crippen LogP contribution in [0.15, 0.2) is 99.6 Å². The molecule has 0 amide bonds. The molecule has 0 radical (unpaired) electrons. The number of carbonyl (C=O) groups is 1. The van der Waals surface area contributed by atoms with Gasteiger partial charge < -0.3 is 9.47 Å². The number of aromatic nitrogens is 1. The van der Waals surface area contributed by atoms with Crippen molar-refractivity contribution in [2.45, 2.75) is 17.9 Å². The van der Waals surface area contributed by atoms with Crippen molar-refractivity contribution in [2.24, 2.45) is 4.99 Å². The minimum atomic E-state index is -0.721. The Hall–Kier alpha value is -2.68. The van der Waals surface area contributed by atoms with Gasteiger partial charge in [0.25, 0.3) is 5.56 Å². The Bertz CT molecular complexity index is 1860. The van der Waals surface area contributed by atoms with E-state index < -0.39 is 12.0 Å². The Morgan fingerprint density at radius 2 is 1.88 bits per heavy atom. The lowest BCUT2D eigenvalue weighted by Gasteiger charge is -2.26. The fraction of sp³-hybridized carbons (Fsp3) is 0.156. The number of hydrogen-bond acceptors (Lipinski definition) is 7. The summed E-state index contributed by atoms with van der Waals surface area (Å²) in [5.74, 6) is 0.184. The first-order chi connectivity index (χ1) is 20.4. The Kier molecular flexibility index (Phi) is 10.1. The van der Waals surface area contributed by atoms with Gasteiger partial charge in [0.1, 0.15) is 12.4 Å². The van der Waals surface area contributed by atoms with Crippen molar-refractivity contribution < 1.29 is 14.3 Å². The monoisotopic (exact) mass is 820 g/mol. The molecular weight excluding hydrogens is 794 g/mol. The van der Waals surface area contributed by atoms with Gasteiger partial charge in [0.2, 0.25) is 0 Å². The number of ether oxygens (including phenoxy) is 2. The SMILES string of the molecule is C=CCOc1c(I)cc(I)cc1/C=c1\sc2n(c1=O)[C@H](c1ccc(SC)cc1)C(C(=O)OCC)=C(c1ccccc1)N=2. The summed E-state index contributed by atoms with van der Waals surface area (Å²) in [4.78, 5) is 34.4. The molecule has 0 fully saturated rings. The third-order valence-corrected chi connectivity index (χ3v) is 9.63. The van der Waals surface area contributed by atoms with E-state index in [2.05, 4.69) is 51.8 Å². The molecule has 10 heteroatoms. The van der Waals surface area contributed by atoms with E-state index in [0.717, 1.165) is 28.7 Å². The van der Waals surface area contributed by atoms with Crippen LogP contribution in [0.5, 0.6) is 5.75 Å². The molecule has 0 bridgehead atoms. The predicted molar refractivity (Wildman–Crippen MR) is 187 cm³/mol. The number of benzene rings is 3. The van der Waals surface area contributed by atoms with Crippen LogP contribution in [0.1, 0.15) is 29.7 Å². The van der Waals surface area contributed by atoms with Crippen LogP contribution >= 0.6 is 68.3 Å². The molecule has 1 atom stereocenters. The van der Waals surface area contributed by atoms with Crippen LogP contribution in [-0.2, 0) is 9.53 Å². The highest BCUT2D eigenvalue weighted by Crippen LogP contribution is 2.36. The molecule has 4 aromatic rings. The van der Waals surface area contributed by atoms with Crippen LogP contribution in [-0.4, -0.2) is 30.0 Å². The van der Waals surface area contributed by atoms with Gasteiger partial charge in [-0.05, 0) is 94.3 Å². The van der Waals surface area contributed by atoms with E-state index in [9.17, 15) is 9.59 Å². The molecule has 0 aliphatic carbocycles. The fourth-order valence-corrected chi connectivity index (χ4v) is 8.11. The molecular formula is C32H26I2N2O4S2. The summed E-state index contributed by atoms with van der Waals surface area (Å²) in [6.45, 7) is 6.07. The van der Waals surface area contributed by atoms with Crippen LogP contribution in [0.3, 0.4) is 0 Å². The molecule has 6 nitrogen and oxygen atoms in total. The van der Waals surface area contributed by atoms with Crippen molar-refractivity contribution in [1.29, 1.82) is 0 Å². The van der Waals surface area contributed by atoms with Gasteiger partial charge in [0.05, 0.1) is 32.0 Å². The van der Waals surface area contributed by atoms with Crippen LogP contribution in [0.25, 0.3) is 11.8 Å². The standard InChI is InChI=1S/C32H26I2N2O4S2/c1-4-15-40-29-21(16-22(33)18-24(29)34)17-25-30(37)36-28(20-11-13-23(41-3)14-12-20)26(31(38)39-5-2)27(35-32(36)42-25)19-9-7-6-8-10-19/h4,6-14,16-18,28H,1,5,15H2,2-3H3/b25-17-/t28-/m1/s1. The molecule has 214 valence electrons. The summed E-state index contributed by atoms with van der Waals surface area (Å²) >= 11 is 7.42. The van der Waals surface area contributed by atoms with Gasteiger partial charge in [-0.3, -0.25) is 9.36 Å². The topological polar surface area (TPSA) is 69.9 Å². The van der Waals surface area contributed by atoms with Gasteiger partial charge >= 0.3 is 5.97 Å². The third-order valence-electron chi connectivity index (χ3n) is 6.47. The number of esters is 1. The fourth-order valence-electron chi connectivity index (χ4n) is 4.67. The summed E-state index contributed by atoms with van der Waals surface area (Å²) in [5.41, 5.74) is 2.95. The maximum absolute atomic E-state index is 14.2. The first kappa shape index (κ1) is 30.8. The number of halogens is 2. The second kappa shape index (κ2) is 13.7. The molecule has 1 aliphatic rings. The van der Waals surface area contributed by atoms with Crippen molar-refractivity contribution in [3.63, 3.8) is 0 Å². The predicted octanol–water partition coefficient (Wildman–Crippen LogP) is 6.43. The molecule has 1 aromatic heterocycles. The zero-order valence-corrected chi connectivity index (χ0v) is 28.8. The minimum absolute atomic E-state index is 0.200. The maximum atomic E-state index is 14.2. The summed E-state index contributed by atoms with van der Waals surface area (Å²) in [6.07, 6.45) is 5.54. The highest BCUT2D eigenvalue weighted by atomic mass is 127. The van der Waals surface area contributed by atoms with Crippen LogP contribution in [0.4, 0.5) is 0 Å². The number of hydrogen-bond donors (Lipinski definition) is 0. The van der Waals surface area contributed by atoms with Gasteiger partial charge in [-0.25, -0.2) is 9.79 Å². The smallest absolute Gasteiger partial charge is 0.338 e. The zero-order chi connectivity index (χ0) is 29.8. The number of nitrogens with zero attached hydrogens (tertiary/aromatic N) is 2. The number of thioether (sulfide) groups is 1. The second-order valence-corrected chi connectivity index (χ2v) is 13.4.